The molecule has 0 aromatic rings. The first-order chi connectivity index (χ1) is 7.00. The fourth-order valence-electron chi connectivity index (χ4n) is 1.88. The maximum Gasteiger partial charge on any atom is 0.168 e. The monoisotopic (exact) mass is 218 g/mol. The van der Waals surface area contributed by atoms with E-state index < -0.39 is 6.29 Å². The van der Waals surface area contributed by atoms with Crippen molar-refractivity contribution in [2.75, 3.05) is 0 Å². The summed E-state index contributed by atoms with van der Waals surface area (Å²) in [5.74, 6) is 0.413. The molecule has 90 valence electrons. The van der Waals surface area contributed by atoms with Crippen molar-refractivity contribution in [3.8, 4) is 0 Å². The van der Waals surface area contributed by atoms with Crippen molar-refractivity contribution in [1.29, 1.82) is 0 Å². The summed E-state index contributed by atoms with van der Waals surface area (Å²) in [5, 5.41) is 27.1. The van der Waals surface area contributed by atoms with E-state index in [0.717, 1.165) is 12.8 Å². The van der Waals surface area contributed by atoms with Gasteiger partial charge < -0.3 is 15.3 Å². The van der Waals surface area contributed by atoms with Gasteiger partial charge in [-0.3, -0.25) is 5.43 Å². The SMILES string of the molecule is CC(O)CCC(C)C1CC(C(O)O)NN1. The number of nitrogens with one attached hydrogen (secondary N) is 2. The van der Waals surface area contributed by atoms with Crippen LogP contribution in [0.1, 0.15) is 33.1 Å². The fourth-order valence-corrected chi connectivity index (χ4v) is 1.88. The van der Waals surface area contributed by atoms with Gasteiger partial charge in [0.25, 0.3) is 0 Å². The molecule has 5 nitrogen and oxygen atoms in total. The molecule has 15 heavy (non-hydrogen) atoms. The third-order valence-electron chi connectivity index (χ3n) is 3.05. The Kier molecular flexibility index (Phi) is 4.95. The van der Waals surface area contributed by atoms with E-state index in [-0.39, 0.29) is 18.2 Å². The average Bonchev–Trinajstić information content (AvgIpc) is 2.62. The first kappa shape index (κ1) is 12.9. The van der Waals surface area contributed by atoms with Crippen molar-refractivity contribution in [1.82, 2.24) is 10.9 Å². The standard InChI is InChI=1S/C10H22N2O3/c1-6(3-4-7(2)13)8-5-9(10(14)15)12-11-8/h6-15H,3-5H2,1-2H3. The second kappa shape index (κ2) is 5.77. The van der Waals surface area contributed by atoms with Gasteiger partial charge in [-0.1, -0.05) is 6.92 Å². The van der Waals surface area contributed by atoms with Crippen molar-refractivity contribution < 1.29 is 15.3 Å². The van der Waals surface area contributed by atoms with Crippen molar-refractivity contribution >= 4 is 0 Å². The molecule has 1 saturated heterocycles. The molecule has 5 heteroatoms. The molecule has 4 atom stereocenters. The number of aliphatic hydroxyl groups excluding tert-OH is 2. The zero-order chi connectivity index (χ0) is 11.4. The van der Waals surface area contributed by atoms with Crippen molar-refractivity contribution in [3.05, 3.63) is 0 Å². The van der Waals surface area contributed by atoms with Crippen LogP contribution in [0, 0.1) is 5.92 Å². The molecular weight excluding hydrogens is 196 g/mol. The van der Waals surface area contributed by atoms with E-state index in [1.54, 1.807) is 6.92 Å². The van der Waals surface area contributed by atoms with Gasteiger partial charge in [0.2, 0.25) is 0 Å². The van der Waals surface area contributed by atoms with Crippen LogP contribution in [0.2, 0.25) is 0 Å². The van der Waals surface area contributed by atoms with E-state index in [9.17, 15) is 0 Å². The van der Waals surface area contributed by atoms with Gasteiger partial charge in [0.1, 0.15) is 0 Å². The predicted octanol–water partition coefficient (Wildman–Crippen LogP) is -0.671. The van der Waals surface area contributed by atoms with Crippen LogP contribution in [-0.4, -0.2) is 39.8 Å². The molecule has 0 aromatic heterocycles. The second-order valence-electron chi connectivity index (χ2n) is 4.55. The molecule has 1 aliphatic heterocycles. The van der Waals surface area contributed by atoms with Crippen molar-refractivity contribution in [2.24, 2.45) is 5.92 Å². The highest BCUT2D eigenvalue weighted by atomic mass is 16.5. The number of hydrogen-bond donors (Lipinski definition) is 5. The van der Waals surface area contributed by atoms with E-state index in [4.69, 9.17) is 15.3 Å². The van der Waals surface area contributed by atoms with Crippen LogP contribution in [0.3, 0.4) is 0 Å². The zero-order valence-corrected chi connectivity index (χ0v) is 9.35. The highest BCUT2D eigenvalue weighted by Gasteiger charge is 2.31. The van der Waals surface area contributed by atoms with Crippen LogP contribution >= 0.6 is 0 Å². The highest BCUT2D eigenvalue weighted by molar-refractivity contribution is 4.85. The zero-order valence-electron chi connectivity index (χ0n) is 9.35. The summed E-state index contributed by atoms with van der Waals surface area (Å²) in [5.41, 5.74) is 5.92. The normalized spacial score (nSPS) is 30.8. The topological polar surface area (TPSA) is 84.8 Å². The first-order valence-electron chi connectivity index (χ1n) is 5.56. The van der Waals surface area contributed by atoms with E-state index in [2.05, 4.69) is 17.8 Å². The molecule has 0 amide bonds. The molecule has 0 aliphatic carbocycles. The summed E-state index contributed by atoms with van der Waals surface area (Å²) in [4.78, 5) is 0. The Labute approximate surface area is 90.5 Å². The maximum absolute atomic E-state index is 9.17. The third kappa shape index (κ3) is 4.04. The van der Waals surface area contributed by atoms with Crippen molar-refractivity contribution in [2.45, 2.75) is 57.6 Å². The van der Waals surface area contributed by atoms with Crippen molar-refractivity contribution in [3.63, 3.8) is 0 Å². The number of hydrogen-bond acceptors (Lipinski definition) is 5. The van der Waals surface area contributed by atoms with Gasteiger partial charge in [-0.2, -0.15) is 0 Å². The van der Waals surface area contributed by atoms with Gasteiger partial charge >= 0.3 is 0 Å². The molecule has 1 rings (SSSR count). The lowest BCUT2D eigenvalue weighted by Gasteiger charge is -2.19. The number of rotatable bonds is 5. The van der Waals surface area contributed by atoms with Gasteiger partial charge in [-0.15, -0.1) is 0 Å². The lowest BCUT2D eigenvalue weighted by Crippen LogP contribution is -2.40. The Hall–Kier alpha value is -0.200. The molecule has 0 aromatic carbocycles. The van der Waals surface area contributed by atoms with Gasteiger partial charge in [0, 0.05) is 6.04 Å². The smallest absolute Gasteiger partial charge is 0.168 e. The summed E-state index contributed by atoms with van der Waals surface area (Å²) >= 11 is 0. The van der Waals surface area contributed by atoms with Gasteiger partial charge in [0.15, 0.2) is 6.29 Å². The molecule has 0 bridgehead atoms. The lowest BCUT2D eigenvalue weighted by atomic mass is 9.92. The molecule has 0 saturated carbocycles. The fraction of sp³-hybridized carbons (Fsp3) is 1.00. The Morgan fingerprint density at radius 2 is 1.67 bits per heavy atom. The molecule has 1 heterocycles. The molecule has 0 spiro atoms. The summed E-state index contributed by atoms with van der Waals surface area (Å²) < 4.78 is 0. The average molecular weight is 218 g/mol. The first-order valence-corrected chi connectivity index (χ1v) is 5.56. The summed E-state index contributed by atoms with van der Waals surface area (Å²) in [7, 11) is 0. The van der Waals surface area contributed by atoms with Crippen LogP contribution in [0.15, 0.2) is 0 Å². The van der Waals surface area contributed by atoms with Crippen LogP contribution in [-0.2, 0) is 0 Å². The van der Waals surface area contributed by atoms with E-state index >= 15 is 0 Å². The summed E-state index contributed by atoms with van der Waals surface area (Å²) in [6.45, 7) is 3.89. The predicted molar refractivity (Wildman–Crippen MR) is 56.8 cm³/mol. The van der Waals surface area contributed by atoms with Crippen LogP contribution < -0.4 is 10.9 Å². The molecule has 1 fully saturated rings. The molecular formula is C10H22N2O3. The molecule has 5 N–H and O–H groups in total. The maximum atomic E-state index is 9.17. The third-order valence-corrected chi connectivity index (χ3v) is 3.05. The van der Waals surface area contributed by atoms with E-state index in [1.165, 1.54) is 0 Å². The van der Waals surface area contributed by atoms with Crippen LogP contribution in [0.5, 0.6) is 0 Å². The molecule has 4 unspecified atom stereocenters. The second-order valence-corrected chi connectivity index (χ2v) is 4.55. The van der Waals surface area contributed by atoms with Gasteiger partial charge in [-0.05, 0) is 32.1 Å². The Morgan fingerprint density at radius 1 is 1.07 bits per heavy atom. The summed E-state index contributed by atoms with van der Waals surface area (Å²) in [6, 6.07) is -0.0421. The molecule has 0 radical (unpaired) electrons. The van der Waals surface area contributed by atoms with Gasteiger partial charge in [0.05, 0.1) is 12.1 Å². The van der Waals surface area contributed by atoms with E-state index in [1.807, 2.05) is 0 Å². The highest BCUT2D eigenvalue weighted by Crippen LogP contribution is 2.20. The minimum atomic E-state index is -1.31. The van der Waals surface area contributed by atoms with Gasteiger partial charge in [-0.25, -0.2) is 5.43 Å². The minimum Gasteiger partial charge on any atom is -0.393 e. The number of aliphatic hydroxyl groups is 3. The lowest BCUT2D eigenvalue weighted by molar-refractivity contribution is -0.0639. The Morgan fingerprint density at radius 3 is 2.13 bits per heavy atom. The Bertz CT molecular complexity index is 188. The minimum absolute atomic E-state index is 0.246. The Balaban J connectivity index is 2.27. The van der Waals surface area contributed by atoms with E-state index in [0.29, 0.717) is 12.3 Å². The van der Waals surface area contributed by atoms with Crippen LogP contribution in [0.4, 0.5) is 0 Å². The quantitative estimate of drug-likeness (QED) is 0.395. The summed E-state index contributed by atoms with van der Waals surface area (Å²) in [6.07, 6.45) is 0.850. The molecule has 1 aliphatic rings. The largest absolute Gasteiger partial charge is 0.393 e. The van der Waals surface area contributed by atoms with Crippen LogP contribution in [0.25, 0.3) is 0 Å². The number of hydrazine groups is 1.